The summed E-state index contributed by atoms with van der Waals surface area (Å²) in [6.07, 6.45) is 5.40. The van der Waals surface area contributed by atoms with Gasteiger partial charge in [0.1, 0.15) is 34.8 Å². The SMILES string of the molecule is C=CC(=O)N1CCC(N(C)c2nc(OC[C@@H]3CC4(CC4)CN3C)nc3c(F)c(-c4ccc(F)c5sc(N)c(C#N)c45)ccc23)[C@H]1COC. The first kappa shape index (κ1) is 32.2. The Labute approximate surface area is 281 Å². The Morgan fingerprint density at radius 2 is 2.02 bits per heavy atom. The van der Waals surface area contributed by atoms with E-state index >= 15 is 4.39 Å². The van der Waals surface area contributed by atoms with Crippen LogP contribution in [0.4, 0.5) is 19.6 Å². The van der Waals surface area contributed by atoms with Gasteiger partial charge >= 0.3 is 6.01 Å². The van der Waals surface area contributed by atoms with E-state index in [4.69, 9.17) is 20.2 Å². The summed E-state index contributed by atoms with van der Waals surface area (Å²) in [5, 5.41) is 10.7. The Hall–Kier alpha value is -4.38. The second-order valence-electron chi connectivity index (χ2n) is 13.2. The van der Waals surface area contributed by atoms with Crippen LogP contribution < -0.4 is 15.4 Å². The third-order valence-electron chi connectivity index (χ3n) is 10.4. The van der Waals surface area contributed by atoms with Crippen LogP contribution >= 0.6 is 11.3 Å². The van der Waals surface area contributed by atoms with Gasteiger partial charge in [-0.1, -0.05) is 18.7 Å². The minimum Gasteiger partial charge on any atom is -0.462 e. The van der Waals surface area contributed by atoms with Gasteiger partial charge in [0.05, 0.1) is 29.0 Å². The van der Waals surface area contributed by atoms with Crippen molar-refractivity contribution in [3.05, 3.63) is 54.1 Å². The Balaban J connectivity index is 1.34. The molecule has 2 aromatic carbocycles. The van der Waals surface area contributed by atoms with Crippen LogP contribution in [0, 0.1) is 28.4 Å². The lowest BCUT2D eigenvalue weighted by atomic mass is 9.97. The lowest BCUT2D eigenvalue weighted by Gasteiger charge is -2.33. The first-order valence-electron chi connectivity index (χ1n) is 16.0. The fraction of sp³-hybridized carbons (Fsp3) is 0.429. The van der Waals surface area contributed by atoms with E-state index in [2.05, 4.69) is 29.6 Å². The van der Waals surface area contributed by atoms with E-state index in [-0.39, 0.29) is 61.8 Å². The molecule has 1 spiro atoms. The molecule has 7 rings (SSSR count). The van der Waals surface area contributed by atoms with Gasteiger partial charge < -0.3 is 25.0 Å². The molecule has 48 heavy (non-hydrogen) atoms. The van der Waals surface area contributed by atoms with Crippen LogP contribution in [0.15, 0.2) is 36.9 Å². The van der Waals surface area contributed by atoms with E-state index in [1.54, 1.807) is 24.1 Å². The van der Waals surface area contributed by atoms with Gasteiger partial charge in [-0.15, -0.1) is 11.3 Å². The number of carbonyl (C=O) groups is 1. The minimum absolute atomic E-state index is 0.0253. The van der Waals surface area contributed by atoms with Gasteiger partial charge in [-0.05, 0) is 61.9 Å². The van der Waals surface area contributed by atoms with E-state index in [1.807, 2.05) is 11.9 Å². The fourth-order valence-electron chi connectivity index (χ4n) is 7.68. The summed E-state index contributed by atoms with van der Waals surface area (Å²) >= 11 is 0.959. The van der Waals surface area contributed by atoms with E-state index in [9.17, 15) is 14.4 Å². The zero-order chi connectivity index (χ0) is 33.9. The number of likely N-dealkylation sites (tertiary alicyclic amines) is 2. The standard InChI is InChI=1S/C35H37F2N7O3S/c1-5-27(45)44-13-10-25(26(44)17-46-4)43(3)33-22-7-6-21(20-8-9-24(36)31-28(20)23(15-38)32(39)48-31)29(37)30(22)40-34(41-33)47-16-19-14-35(11-12-35)18-42(19)2/h5-9,19,25-26H,1,10-14,16-18,39H2,2-4H3/t19-,25?,26+/m0/s1. The summed E-state index contributed by atoms with van der Waals surface area (Å²) in [7, 11) is 5.55. The smallest absolute Gasteiger partial charge is 0.319 e. The van der Waals surface area contributed by atoms with Crippen molar-refractivity contribution < 1.29 is 23.0 Å². The number of hydrogen-bond donors (Lipinski definition) is 1. The molecule has 250 valence electrons. The van der Waals surface area contributed by atoms with Crippen molar-refractivity contribution >= 4 is 49.1 Å². The lowest BCUT2D eigenvalue weighted by Crippen LogP contribution is -2.48. The predicted molar refractivity (Wildman–Crippen MR) is 182 cm³/mol. The number of nitrogen functional groups attached to an aromatic ring is 1. The summed E-state index contributed by atoms with van der Waals surface area (Å²) in [5.74, 6) is -0.939. The maximum Gasteiger partial charge on any atom is 0.319 e. The molecule has 3 atom stereocenters. The summed E-state index contributed by atoms with van der Waals surface area (Å²) in [6, 6.07) is 7.81. The number of likely N-dealkylation sites (N-methyl/N-ethyl adjacent to an activating group) is 2. The largest absolute Gasteiger partial charge is 0.462 e. The molecule has 2 N–H and O–H groups in total. The zero-order valence-corrected chi connectivity index (χ0v) is 27.9. The lowest BCUT2D eigenvalue weighted by molar-refractivity contribution is -0.127. The number of fused-ring (bicyclic) bond motifs is 2. The van der Waals surface area contributed by atoms with Gasteiger partial charge in [-0.3, -0.25) is 9.69 Å². The highest BCUT2D eigenvalue weighted by atomic mass is 32.1. The molecule has 10 nitrogen and oxygen atoms in total. The highest BCUT2D eigenvalue weighted by molar-refractivity contribution is 7.23. The summed E-state index contributed by atoms with van der Waals surface area (Å²) in [4.78, 5) is 28.2. The quantitative estimate of drug-likeness (QED) is 0.235. The first-order valence-corrected chi connectivity index (χ1v) is 16.8. The maximum atomic E-state index is 16.9. The number of amides is 1. The molecule has 3 fully saturated rings. The molecule has 0 radical (unpaired) electrons. The number of benzene rings is 2. The number of aromatic nitrogens is 2. The van der Waals surface area contributed by atoms with E-state index in [0.717, 1.165) is 24.3 Å². The third kappa shape index (κ3) is 5.32. The number of rotatable bonds is 9. The van der Waals surface area contributed by atoms with Crippen LogP contribution in [-0.4, -0.2) is 91.3 Å². The number of nitrogens with zero attached hydrogens (tertiary/aromatic N) is 6. The Bertz CT molecular complexity index is 1990. The number of thiophene rings is 1. The van der Waals surface area contributed by atoms with Crippen molar-refractivity contribution in [1.82, 2.24) is 19.8 Å². The molecule has 2 saturated heterocycles. The van der Waals surface area contributed by atoms with Crippen LogP contribution in [-0.2, 0) is 9.53 Å². The second kappa shape index (κ2) is 12.3. The Morgan fingerprint density at radius 3 is 2.71 bits per heavy atom. The monoisotopic (exact) mass is 673 g/mol. The summed E-state index contributed by atoms with van der Waals surface area (Å²) in [5.41, 5.74) is 7.07. The molecule has 4 aromatic rings. The number of anilines is 2. The molecule has 2 aromatic heterocycles. The number of nitrogens with two attached hydrogens (primary N) is 1. The van der Waals surface area contributed by atoms with Gasteiger partial charge in [0.2, 0.25) is 5.91 Å². The van der Waals surface area contributed by atoms with Crippen molar-refractivity contribution in [2.75, 3.05) is 58.1 Å². The average Bonchev–Trinajstić information content (AvgIpc) is 3.38. The first-order chi connectivity index (χ1) is 23.1. The number of ether oxygens (including phenoxy) is 2. The highest BCUT2D eigenvalue weighted by Crippen LogP contribution is 2.54. The molecule has 4 heterocycles. The van der Waals surface area contributed by atoms with Crippen LogP contribution in [0.1, 0.15) is 31.2 Å². The highest BCUT2D eigenvalue weighted by Gasteiger charge is 2.51. The van der Waals surface area contributed by atoms with Crippen LogP contribution in [0.3, 0.4) is 0 Å². The molecule has 1 saturated carbocycles. The van der Waals surface area contributed by atoms with Gasteiger partial charge in [0.25, 0.3) is 0 Å². The number of methoxy groups -OCH3 is 1. The van der Waals surface area contributed by atoms with Gasteiger partial charge in [-0.25, -0.2) is 8.78 Å². The van der Waals surface area contributed by atoms with Crippen molar-refractivity contribution in [1.29, 1.82) is 5.26 Å². The molecule has 13 heteroatoms. The number of carbonyl (C=O) groups excluding carboxylic acids is 1. The molecule has 2 aliphatic heterocycles. The van der Waals surface area contributed by atoms with E-state index < -0.39 is 11.6 Å². The molecule has 1 unspecified atom stereocenters. The maximum absolute atomic E-state index is 16.9. The molecular formula is C35H37F2N7O3S. The summed E-state index contributed by atoms with van der Waals surface area (Å²) in [6.45, 7) is 5.83. The third-order valence-corrected chi connectivity index (χ3v) is 11.4. The number of hydrogen-bond acceptors (Lipinski definition) is 10. The van der Waals surface area contributed by atoms with Crippen LogP contribution in [0.5, 0.6) is 6.01 Å². The molecule has 3 aliphatic rings. The van der Waals surface area contributed by atoms with Crippen molar-refractivity contribution in [2.45, 2.75) is 43.8 Å². The van der Waals surface area contributed by atoms with Crippen LogP contribution in [0.25, 0.3) is 32.1 Å². The van der Waals surface area contributed by atoms with Crippen LogP contribution in [0.2, 0.25) is 0 Å². The average molecular weight is 674 g/mol. The zero-order valence-electron chi connectivity index (χ0n) is 27.1. The van der Waals surface area contributed by atoms with Gasteiger partial charge in [-0.2, -0.15) is 15.2 Å². The number of nitriles is 1. The molecular weight excluding hydrogens is 636 g/mol. The molecule has 1 amide bonds. The molecule has 0 bridgehead atoms. The van der Waals surface area contributed by atoms with Crippen molar-refractivity contribution in [3.63, 3.8) is 0 Å². The van der Waals surface area contributed by atoms with E-state index in [1.165, 1.54) is 31.1 Å². The van der Waals surface area contributed by atoms with E-state index in [0.29, 0.717) is 48.4 Å². The van der Waals surface area contributed by atoms with Crippen molar-refractivity contribution in [3.8, 4) is 23.2 Å². The fourth-order valence-corrected chi connectivity index (χ4v) is 8.62. The summed E-state index contributed by atoms with van der Waals surface area (Å²) < 4.78 is 43.7. The Kier molecular flexibility index (Phi) is 8.22. The normalized spacial score (nSPS) is 21.7. The second-order valence-corrected chi connectivity index (χ2v) is 14.3. The topological polar surface area (TPSA) is 121 Å². The predicted octanol–water partition coefficient (Wildman–Crippen LogP) is 5.34. The number of halogens is 2. The van der Waals surface area contributed by atoms with Crippen molar-refractivity contribution in [2.24, 2.45) is 5.41 Å². The molecule has 1 aliphatic carbocycles. The minimum atomic E-state index is -0.658. The Morgan fingerprint density at radius 1 is 1.25 bits per heavy atom. The van der Waals surface area contributed by atoms with Gasteiger partial charge in [0.15, 0.2) is 5.82 Å². The van der Waals surface area contributed by atoms with Gasteiger partial charge in [0, 0.05) is 49.6 Å².